The van der Waals surface area contributed by atoms with E-state index < -0.39 is 0 Å². The minimum Gasteiger partial charge on any atom is -0.467 e. The second-order valence-electron chi connectivity index (χ2n) is 4.29. The van der Waals surface area contributed by atoms with Crippen LogP contribution in [0, 0.1) is 0 Å². The smallest absolute Gasteiger partial charge is 0.191 e. The molecule has 2 N–H and O–H groups in total. The van der Waals surface area contributed by atoms with E-state index in [1.165, 1.54) is 18.6 Å². The number of rotatable bonds is 5. The van der Waals surface area contributed by atoms with Gasteiger partial charge in [0.2, 0.25) is 0 Å². The topological polar surface area (TPSA) is 49.6 Å². The predicted molar refractivity (Wildman–Crippen MR) is 77.0 cm³/mol. The fourth-order valence-electron chi connectivity index (χ4n) is 1.92. The third-order valence-electron chi connectivity index (χ3n) is 2.84. The van der Waals surface area contributed by atoms with E-state index in [-0.39, 0.29) is 0 Å². The van der Waals surface area contributed by atoms with Crippen LogP contribution in [0.3, 0.4) is 0 Å². The highest BCUT2D eigenvalue weighted by Crippen LogP contribution is 2.25. The zero-order chi connectivity index (χ0) is 12.6. The van der Waals surface area contributed by atoms with E-state index in [1.54, 1.807) is 6.26 Å². The standard InChI is InChI=1S/C13H21N3OS/c1-2-14-13(15-9-11-5-3-7-17-11)16-10-12-6-4-8-18-12/h3,5,7,12H,2,4,6,8-10H2,1H3,(H2,14,15,16). The van der Waals surface area contributed by atoms with Gasteiger partial charge in [-0.3, -0.25) is 0 Å². The first-order chi connectivity index (χ1) is 8.88. The molecule has 5 heteroatoms. The maximum Gasteiger partial charge on any atom is 0.191 e. The summed E-state index contributed by atoms with van der Waals surface area (Å²) >= 11 is 2.05. The highest BCUT2D eigenvalue weighted by atomic mass is 32.2. The number of hydrogen-bond donors (Lipinski definition) is 2. The zero-order valence-electron chi connectivity index (χ0n) is 10.8. The van der Waals surface area contributed by atoms with Crippen LogP contribution < -0.4 is 10.6 Å². The summed E-state index contributed by atoms with van der Waals surface area (Å²) in [5.74, 6) is 3.07. The average Bonchev–Trinajstić information content (AvgIpc) is 3.05. The van der Waals surface area contributed by atoms with Crippen LogP contribution in [0.5, 0.6) is 0 Å². The van der Waals surface area contributed by atoms with Gasteiger partial charge in [0, 0.05) is 18.3 Å². The Hall–Kier alpha value is -1.10. The summed E-state index contributed by atoms with van der Waals surface area (Å²) in [6.45, 7) is 4.53. The van der Waals surface area contributed by atoms with Crippen LogP contribution in [0.25, 0.3) is 0 Å². The lowest BCUT2D eigenvalue weighted by molar-refractivity contribution is 0.512. The first-order valence-electron chi connectivity index (χ1n) is 6.54. The number of guanidine groups is 1. The summed E-state index contributed by atoms with van der Waals surface area (Å²) in [4.78, 5) is 4.51. The van der Waals surface area contributed by atoms with Gasteiger partial charge in [-0.25, -0.2) is 4.99 Å². The third kappa shape index (κ3) is 4.29. The Morgan fingerprint density at radius 1 is 1.56 bits per heavy atom. The van der Waals surface area contributed by atoms with Crippen LogP contribution in [0.1, 0.15) is 25.5 Å². The second-order valence-corrected chi connectivity index (χ2v) is 5.70. The molecule has 1 aliphatic rings. The van der Waals surface area contributed by atoms with Crippen molar-refractivity contribution in [3.05, 3.63) is 24.2 Å². The molecule has 1 aromatic heterocycles. The Morgan fingerprint density at radius 2 is 2.50 bits per heavy atom. The first kappa shape index (κ1) is 13.3. The summed E-state index contributed by atoms with van der Waals surface area (Å²) in [5, 5.41) is 7.39. The Labute approximate surface area is 113 Å². The Bertz CT molecular complexity index is 358. The van der Waals surface area contributed by atoms with Gasteiger partial charge in [-0.2, -0.15) is 11.8 Å². The quantitative estimate of drug-likeness (QED) is 0.634. The predicted octanol–water partition coefficient (Wildman–Crippen LogP) is 2.23. The lowest BCUT2D eigenvalue weighted by Crippen LogP contribution is -2.40. The molecule has 1 saturated heterocycles. The lowest BCUT2D eigenvalue weighted by Gasteiger charge is -2.14. The molecular formula is C13H21N3OS. The van der Waals surface area contributed by atoms with Gasteiger partial charge < -0.3 is 15.1 Å². The number of hydrogen-bond acceptors (Lipinski definition) is 3. The van der Waals surface area contributed by atoms with Gasteiger partial charge in [0.15, 0.2) is 5.96 Å². The molecule has 1 fully saturated rings. The van der Waals surface area contributed by atoms with E-state index in [4.69, 9.17) is 4.42 Å². The molecule has 2 heterocycles. The highest BCUT2D eigenvalue weighted by molar-refractivity contribution is 8.00. The maximum atomic E-state index is 5.27. The van der Waals surface area contributed by atoms with Crippen molar-refractivity contribution in [1.82, 2.24) is 10.6 Å². The van der Waals surface area contributed by atoms with Gasteiger partial charge in [0.05, 0.1) is 6.26 Å². The van der Waals surface area contributed by atoms with Crippen molar-refractivity contribution < 1.29 is 4.42 Å². The van der Waals surface area contributed by atoms with E-state index in [0.717, 1.165) is 30.1 Å². The molecule has 0 spiro atoms. The van der Waals surface area contributed by atoms with Crippen molar-refractivity contribution >= 4 is 17.7 Å². The zero-order valence-corrected chi connectivity index (χ0v) is 11.6. The van der Waals surface area contributed by atoms with E-state index in [0.29, 0.717) is 6.54 Å². The molecule has 0 radical (unpaired) electrons. The molecule has 0 bridgehead atoms. The van der Waals surface area contributed by atoms with Crippen LogP contribution in [0.4, 0.5) is 0 Å². The van der Waals surface area contributed by atoms with Crippen molar-refractivity contribution in [1.29, 1.82) is 0 Å². The number of furan rings is 1. The molecular weight excluding hydrogens is 246 g/mol. The van der Waals surface area contributed by atoms with Gasteiger partial charge in [-0.1, -0.05) is 0 Å². The molecule has 0 amide bonds. The van der Waals surface area contributed by atoms with E-state index >= 15 is 0 Å². The van der Waals surface area contributed by atoms with E-state index in [2.05, 4.69) is 34.3 Å². The largest absolute Gasteiger partial charge is 0.467 e. The van der Waals surface area contributed by atoms with Gasteiger partial charge in [0.1, 0.15) is 12.3 Å². The summed E-state index contributed by atoms with van der Waals surface area (Å²) in [6.07, 6.45) is 4.34. The van der Waals surface area contributed by atoms with Gasteiger partial charge >= 0.3 is 0 Å². The maximum absolute atomic E-state index is 5.27. The molecule has 0 saturated carbocycles. The summed E-state index contributed by atoms with van der Waals surface area (Å²) in [6, 6.07) is 3.83. The average molecular weight is 267 g/mol. The molecule has 100 valence electrons. The molecule has 1 aliphatic heterocycles. The summed E-state index contributed by atoms with van der Waals surface area (Å²) in [7, 11) is 0. The molecule has 1 unspecified atom stereocenters. The normalized spacial score (nSPS) is 20.1. The molecule has 0 aromatic carbocycles. The summed E-state index contributed by atoms with van der Waals surface area (Å²) < 4.78 is 5.27. The van der Waals surface area contributed by atoms with Crippen molar-refractivity contribution in [3.8, 4) is 0 Å². The van der Waals surface area contributed by atoms with Crippen LogP contribution >= 0.6 is 11.8 Å². The van der Waals surface area contributed by atoms with Crippen molar-refractivity contribution in [2.75, 3.05) is 18.8 Å². The molecule has 0 aliphatic carbocycles. The van der Waals surface area contributed by atoms with E-state index in [9.17, 15) is 0 Å². The lowest BCUT2D eigenvalue weighted by atomic mass is 10.2. The summed E-state index contributed by atoms with van der Waals surface area (Å²) in [5.41, 5.74) is 0. The minimum absolute atomic E-state index is 0.583. The van der Waals surface area contributed by atoms with Crippen molar-refractivity contribution in [3.63, 3.8) is 0 Å². The van der Waals surface area contributed by atoms with Gasteiger partial charge in [-0.05, 0) is 37.7 Å². The van der Waals surface area contributed by atoms with Crippen LogP contribution in [0.15, 0.2) is 27.8 Å². The fourth-order valence-corrected chi connectivity index (χ4v) is 3.12. The number of nitrogens with one attached hydrogen (secondary N) is 2. The van der Waals surface area contributed by atoms with Gasteiger partial charge in [-0.15, -0.1) is 0 Å². The Morgan fingerprint density at radius 3 is 3.17 bits per heavy atom. The highest BCUT2D eigenvalue weighted by Gasteiger charge is 2.15. The molecule has 18 heavy (non-hydrogen) atoms. The third-order valence-corrected chi connectivity index (χ3v) is 4.24. The number of thioether (sulfide) groups is 1. The van der Waals surface area contributed by atoms with Crippen molar-refractivity contribution in [2.24, 2.45) is 4.99 Å². The Balaban J connectivity index is 1.80. The van der Waals surface area contributed by atoms with E-state index in [1.807, 2.05) is 12.1 Å². The molecule has 1 aromatic rings. The number of nitrogens with zero attached hydrogens (tertiary/aromatic N) is 1. The molecule has 1 atom stereocenters. The van der Waals surface area contributed by atoms with Crippen LogP contribution in [-0.2, 0) is 6.54 Å². The Kier molecular flexibility index (Phi) is 5.45. The number of aliphatic imine (C=N–C) groups is 1. The van der Waals surface area contributed by atoms with Crippen molar-refractivity contribution in [2.45, 2.75) is 31.6 Å². The minimum atomic E-state index is 0.583. The first-order valence-corrected chi connectivity index (χ1v) is 7.59. The molecule has 4 nitrogen and oxygen atoms in total. The SMILES string of the molecule is CCNC(=NCc1ccco1)NCC1CCCS1. The monoisotopic (exact) mass is 267 g/mol. The van der Waals surface area contributed by atoms with Crippen LogP contribution in [-0.4, -0.2) is 30.1 Å². The van der Waals surface area contributed by atoms with Gasteiger partial charge in [0.25, 0.3) is 0 Å². The second kappa shape index (κ2) is 7.36. The van der Waals surface area contributed by atoms with Crippen LogP contribution in [0.2, 0.25) is 0 Å². The fraction of sp³-hybridized carbons (Fsp3) is 0.615. The molecule has 2 rings (SSSR count).